The molecule has 0 bridgehead atoms. The van der Waals surface area contributed by atoms with Crippen LogP contribution in [0.5, 0.6) is 0 Å². The number of nitrogens with two attached hydrogens (primary N) is 2. The minimum atomic E-state index is -4.67. The molecule has 0 unspecified atom stereocenters. The fourth-order valence-corrected chi connectivity index (χ4v) is 1.45. The Balaban J connectivity index is 0.000000922. The molecular formula is C14H22N4O5S. The van der Waals surface area contributed by atoms with Gasteiger partial charge >= 0.3 is 10.4 Å². The lowest BCUT2D eigenvalue weighted by atomic mass is 10.2. The van der Waals surface area contributed by atoms with Crippen molar-refractivity contribution in [2.24, 2.45) is 16.5 Å². The smallest absolute Gasteiger partial charge is 0.370 e. The van der Waals surface area contributed by atoms with Crippen molar-refractivity contribution in [3.63, 3.8) is 0 Å². The third kappa shape index (κ3) is 17.6. The number of benzene rings is 1. The fraction of sp³-hybridized carbons (Fsp3) is 0.286. The molecule has 9 nitrogen and oxygen atoms in total. The van der Waals surface area contributed by atoms with Gasteiger partial charge in [-0.15, -0.1) is 0 Å². The normalized spacial score (nSPS) is 10.6. The van der Waals surface area contributed by atoms with E-state index in [1.807, 2.05) is 30.3 Å². The monoisotopic (exact) mass is 358 g/mol. The van der Waals surface area contributed by atoms with Crippen LogP contribution in [0.1, 0.15) is 18.4 Å². The molecule has 134 valence electrons. The highest BCUT2D eigenvalue weighted by molar-refractivity contribution is 7.79. The molecule has 0 aromatic heterocycles. The number of unbranched alkanes of at least 4 members (excludes halogenated alkanes) is 1. The maximum absolute atomic E-state index is 11.5. The predicted molar refractivity (Wildman–Crippen MR) is 92.6 cm³/mol. The van der Waals surface area contributed by atoms with Gasteiger partial charge in [-0.05, 0) is 24.5 Å². The number of nitrogens with one attached hydrogen (secondary N) is 1. The van der Waals surface area contributed by atoms with E-state index in [1.165, 1.54) is 6.08 Å². The van der Waals surface area contributed by atoms with Gasteiger partial charge in [0.05, 0.1) is 0 Å². The van der Waals surface area contributed by atoms with Gasteiger partial charge in [0, 0.05) is 19.2 Å². The summed E-state index contributed by atoms with van der Waals surface area (Å²) in [6.07, 6.45) is 5.02. The largest absolute Gasteiger partial charge is 0.394 e. The first-order chi connectivity index (χ1) is 11.2. The van der Waals surface area contributed by atoms with E-state index in [9.17, 15) is 4.79 Å². The molecule has 7 N–H and O–H groups in total. The summed E-state index contributed by atoms with van der Waals surface area (Å²) >= 11 is 0. The van der Waals surface area contributed by atoms with Gasteiger partial charge in [-0.3, -0.25) is 18.9 Å². The molecule has 0 radical (unpaired) electrons. The van der Waals surface area contributed by atoms with E-state index in [1.54, 1.807) is 6.08 Å². The molecule has 0 atom stereocenters. The zero-order valence-electron chi connectivity index (χ0n) is 13.0. The van der Waals surface area contributed by atoms with Crippen molar-refractivity contribution in [1.29, 1.82) is 0 Å². The maximum Gasteiger partial charge on any atom is 0.394 e. The number of amides is 1. The van der Waals surface area contributed by atoms with Crippen molar-refractivity contribution >= 4 is 28.3 Å². The Morgan fingerprint density at radius 3 is 2.29 bits per heavy atom. The third-order valence-corrected chi connectivity index (χ3v) is 2.41. The molecule has 0 aliphatic rings. The zero-order valence-corrected chi connectivity index (χ0v) is 13.8. The van der Waals surface area contributed by atoms with Crippen LogP contribution in [0.25, 0.3) is 6.08 Å². The van der Waals surface area contributed by atoms with Crippen LogP contribution in [-0.4, -0.2) is 42.5 Å². The van der Waals surface area contributed by atoms with Crippen molar-refractivity contribution < 1.29 is 22.3 Å². The lowest BCUT2D eigenvalue weighted by molar-refractivity contribution is -0.116. The minimum Gasteiger partial charge on any atom is -0.370 e. The second-order valence-electron chi connectivity index (χ2n) is 4.50. The fourth-order valence-electron chi connectivity index (χ4n) is 1.45. The van der Waals surface area contributed by atoms with Gasteiger partial charge in [0.25, 0.3) is 0 Å². The maximum atomic E-state index is 11.5. The number of carbonyl (C=O) groups is 1. The molecule has 0 aliphatic carbocycles. The summed E-state index contributed by atoms with van der Waals surface area (Å²) < 4.78 is 31.6. The summed E-state index contributed by atoms with van der Waals surface area (Å²) in [5.74, 6) is 0.0144. The molecule has 1 amide bonds. The Bertz CT molecular complexity index is 632. The van der Waals surface area contributed by atoms with Crippen LogP contribution >= 0.6 is 0 Å². The van der Waals surface area contributed by atoms with E-state index >= 15 is 0 Å². The van der Waals surface area contributed by atoms with Gasteiger partial charge in [-0.1, -0.05) is 30.3 Å². The van der Waals surface area contributed by atoms with Crippen LogP contribution in [-0.2, 0) is 15.2 Å². The Morgan fingerprint density at radius 2 is 1.75 bits per heavy atom. The number of aliphatic imine (C=N–C) groups is 1. The highest BCUT2D eigenvalue weighted by Crippen LogP contribution is 2.00. The Hall–Kier alpha value is -2.43. The summed E-state index contributed by atoms with van der Waals surface area (Å²) in [4.78, 5) is 15.4. The molecule has 10 heteroatoms. The van der Waals surface area contributed by atoms with Crippen molar-refractivity contribution in [2.75, 3.05) is 13.1 Å². The van der Waals surface area contributed by atoms with Crippen molar-refractivity contribution in [3.05, 3.63) is 42.0 Å². The van der Waals surface area contributed by atoms with Crippen LogP contribution in [0.4, 0.5) is 0 Å². The third-order valence-electron chi connectivity index (χ3n) is 2.41. The van der Waals surface area contributed by atoms with Crippen LogP contribution < -0.4 is 16.8 Å². The zero-order chi connectivity index (χ0) is 18.4. The first kappa shape index (κ1) is 21.6. The Kier molecular flexibility index (Phi) is 10.8. The van der Waals surface area contributed by atoms with Crippen molar-refractivity contribution in [3.8, 4) is 0 Å². The molecule has 0 spiro atoms. The van der Waals surface area contributed by atoms with Gasteiger partial charge in [0.2, 0.25) is 5.91 Å². The average Bonchev–Trinajstić information content (AvgIpc) is 2.48. The second kappa shape index (κ2) is 12.0. The number of nitrogens with zero attached hydrogens (tertiary/aromatic N) is 1. The number of guanidine groups is 1. The summed E-state index contributed by atoms with van der Waals surface area (Å²) in [6, 6.07) is 9.69. The van der Waals surface area contributed by atoms with Gasteiger partial charge in [0.15, 0.2) is 5.96 Å². The minimum absolute atomic E-state index is 0.0920. The van der Waals surface area contributed by atoms with Crippen molar-refractivity contribution in [1.82, 2.24) is 5.32 Å². The highest BCUT2D eigenvalue weighted by Gasteiger charge is 1.94. The van der Waals surface area contributed by atoms with E-state index < -0.39 is 10.4 Å². The van der Waals surface area contributed by atoms with E-state index in [0.29, 0.717) is 13.1 Å². The summed E-state index contributed by atoms with van der Waals surface area (Å²) in [7, 11) is -4.67. The van der Waals surface area contributed by atoms with Gasteiger partial charge < -0.3 is 16.8 Å². The topological polar surface area (TPSA) is 168 Å². The number of rotatable bonds is 7. The molecule has 0 aliphatic heterocycles. The lowest BCUT2D eigenvalue weighted by Gasteiger charge is -2.01. The SMILES string of the molecule is NC(N)=NCCCCNC(=O)/C=C/c1ccccc1.O=S(=O)(O)O. The number of carbonyl (C=O) groups excluding carboxylic acids is 1. The molecule has 1 aromatic rings. The summed E-state index contributed by atoms with van der Waals surface area (Å²) in [6.45, 7) is 1.22. The van der Waals surface area contributed by atoms with Crippen LogP contribution in [0.3, 0.4) is 0 Å². The molecular weight excluding hydrogens is 336 g/mol. The van der Waals surface area contributed by atoms with E-state index in [-0.39, 0.29) is 11.9 Å². The number of hydrogen-bond donors (Lipinski definition) is 5. The lowest BCUT2D eigenvalue weighted by Crippen LogP contribution is -2.24. The van der Waals surface area contributed by atoms with Gasteiger partial charge in [-0.2, -0.15) is 8.42 Å². The highest BCUT2D eigenvalue weighted by atomic mass is 32.3. The van der Waals surface area contributed by atoms with E-state index in [4.69, 9.17) is 29.0 Å². The van der Waals surface area contributed by atoms with Gasteiger partial charge in [-0.25, -0.2) is 0 Å². The molecule has 0 heterocycles. The predicted octanol–water partition coefficient (Wildman–Crippen LogP) is 0.217. The molecule has 24 heavy (non-hydrogen) atoms. The molecule has 0 saturated heterocycles. The molecule has 0 saturated carbocycles. The summed E-state index contributed by atoms with van der Waals surface area (Å²) in [5.41, 5.74) is 11.4. The molecule has 0 fully saturated rings. The first-order valence-corrected chi connectivity index (χ1v) is 8.34. The molecule has 1 aromatic carbocycles. The van der Waals surface area contributed by atoms with E-state index in [2.05, 4.69) is 10.3 Å². The Labute approximate surface area is 141 Å². The standard InChI is InChI=1S/C14H20N4O.H2O4S/c15-14(16)18-11-5-4-10-17-13(19)9-8-12-6-2-1-3-7-12;1-5(2,3)4/h1-3,6-9H,4-5,10-11H2,(H,17,19)(H4,15,16,18);(H2,1,2,3,4)/b9-8+;. The van der Waals surface area contributed by atoms with Crippen LogP contribution in [0.15, 0.2) is 41.4 Å². The quantitative estimate of drug-likeness (QED) is 0.153. The Morgan fingerprint density at radius 1 is 1.17 bits per heavy atom. The van der Waals surface area contributed by atoms with E-state index in [0.717, 1.165) is 18.4 Å². The summed E-state index contributed by atoms with van der Waals surface area (Å²) in [5, 5.41) is 2.80. The molecule has 1 rings (SSSR count). The van der Waals surface area contributed by atoms with Crippen molar-refractivity contribution in [2.45, 2.75) is 12.8 Å². The first-order valence-electron chi connectivity index (χ1n) is 6.94. The van der Waals surface area contributed by atoms with Crippen LogP contribution in [0, 0.1) is 0 Å². The second-order valence-corrected chi connectivity index (χ2v) is 5.39. The van der Waals surface area contributed by atoms with Gasteiger partial charge in [0.1, 0.15) is 0 Å². The number of hydrogen-bond acceptors (Lipinski definition) is 4. The average molecular weight is 358 g/mol. The van der Waals surface area contributed by atoms with Crippen LogP contribution in [0.2, 0.25) is 0 Å².